The standard InChI is InChI=1S/C27H38N6O4/c1-4-28-26(34)29-21-7-5-20(6-8-21)24-30-23-22(25(31-24)33-13-16-36-17-19(33)2)18-37-27(23,3)9-10-32-11-14-35-15-12-32/h5-8,19H,4,9-18H2,1-3H3,(H2,28,29,34). The Morgan fingerprint density at radius 2 is 1.86 bits per heavy atom. The quantitative estimate of drug-likeness (QED) is 0.586. The molecule has 2 atom stereocenters. The maximum atomic E-state index is 11.9. The van der Waals surface area contributed by atoms with Gasteiger partial charge in [-0.3, -0.25) is 4.90 Å². The van der Waals surface area contributed by atoms with Crippen LogP contribution in [0.1, 0.15) is 38.4 Å². The van der Waals surface area contributed by atoms with Crippen LogP contribution in [0.5, 0.6) is 0 Å². The Bertz CT molecular complexity index is 1090. The van der Waals surface area contributed by atoms with E-state index in [1.165, 1.54) is 0 Å². The zero-order valence-electron chi connectivity index (χ0n) is 22.1. The molecule has 2 N–H and O–H groups in total. The molecule has 2 amide bonds. The Balaban J connectivity index is 1.46. The lowest BCUT2D eigenvalue weighted by molar-refractivity contribution is -0.0442. The van der Waals surface area contributed by atoms with Gasteiger partial charge in [-0.15, -0.1) is 0 Å². The third kappa shape index (κ3) is 5.72. The van der Waals surface area contributed by atoms with E-state index >= 15 is 0 Å². The molecule has 3 aliphatic heterocycles. The highest BCUT2D eigenvalue weighted by molar-refractivity contribution is 5.89. The number of hydrogen-bond donors (Lipinski definition) is 2. The van der Waals surface area contributed by atoms with E-state index in [-0.39, 0.29) is 12.1 Å². The van der Waals surface area contributed by atoms with Gasteiger partial charge in [-0.2, -0.15) is 0 Å². The summed E-state index contributed by atoms with van der Waals surface area (Å²) in [4.78, 5) is 26.9. The minimum absolute atomic E-state index is 0.212. The highest BCUT2D eigenvalue weighted by atomic mass is 16.5. The van der Waals surface area contributed by atoms with E-state index in [1.807, 2.05) is 31.2 Å². The number of ether oxygens (including phenoxy) is 3. The first-order valence-corrected chi connectivity index (χ1v) is 13.3. The summed E-state index contributed by atoms with van der Waals surface area (Å²) < 4.78 is 17.7. The van der Waals surface area contributed by atoms with Gasteiger partial charge < -0.3 is 29.7 Å². The molecule has 4 heterocycles. The Morgan fingerprint density at radius 1 is 1.11 bits per heavy atom. The van der Waals surface area contributed by atoms with Crippen LogP contribution < -0.4 is 15.5 Å². The van der Waals surface area contributed by atoms with Crippen LogP contribution in [0.2, 0.25) is 0 Å². The Morgan fingerprint density at radius 3 is 2.59 bits per heavy atom. The molecule has 10 heteroatoms. The van der Waals surface area contributed by atoms with E-state index in [1.54, 1.807) is 0 Å². The van der Waals surface area contributed by atoms with Gasteiger partial charge in [0.1, 0.15) is 11.4 Å². The number of benzene rings is 1. The van der Waals surface area contributed by atoms with Crippen LogP contribution in [-0.4, -0.2) is 86.1 Å². The molecule has 0 radical (unpaired) electrons. The number of fused-ring (bicyclic) bond motifs is 1. The SMILES string of the molecule is CCNC(=O)Nc1ccc(-c2nc(N3CCOCC3C)c3c(n2)C(C)(CCN2CCOCC2)OC3)cc1. The fourth-order valence-corrected chi connectivity index (χ4v) is 5.18. The molecule has 10 nitrogen and oxygen atoms in total. The zero-order chi connectivity index (χ0) is 25.8. The molecule has 5 rings (SSSR count). The molecule has 0 spiro atoms. The minimum atomic E-state index is -0.491. The van der Waals surface area contributed by atoms with Crippen molar-refractivity contribution in [2.75, 3.05) is 69.4 Å². The summed E-state index contributed by atoms with van der Waals surface area (Å²) in [7, 11) is 0. The lowest BCUT2D eigenvalue weighted by atomic mass is 9.95. The number of urea groups is 1. The Labute approximate surface area is 218 Å². The molecule has 3 aliphatic rings. The molecule has 2 fully saturated rings. The molecule has 2 aromatic rings. The van der Waals surface area contributed by atoms with Crippen LogP contribution in [0.4, 0.5) is 16.3 Å². The topological polar surface area (TPSA) is 101 Å². The monoisotopic (exact) mass is 510 g/mol. The Hall–Kier alpha value is -2.79. The number of carbonyl (C=O) groups excluding carboxylic acids is 1. The first-order valence-electron chi connectivity index (χ1n) is 13.3. The first kappa shape index (κ1) is 25.8. The number of carbonyl (C=O) groups is 1. The third-order valence-corrected chi connectivity index (χ3v) is 7.41. The van der Waals surface area contributed by atoms with Crippen LogP contribution in [0.15, 0.2) is 24.3 Å². The average Bonchev–Trinajstić information content (AvgIpc) is 3.25. The van der Waals surface area contributed by atoms with Gasteiger partial charge in [0.05, 0.1) is 44.8 Å². The molecule has 2 unspecified atom stereocenters. The number of amides is 2. The molecule has 1 aromatic heterocycles. The van der Waals surface area contributed by atoms with Gasteiger partial charge in [-0.05, 0) is 51.5 Å². The summed E-state index contributed by atoms with van der Waals surface area (Å²) in [6.07, 6.45) is 0.851. The van der Waals surface area contributed by atoms with Crippen LogP contribution in [0.25, 0.3) is 11.4 Å². The number of nitrogens with zero attached hydrogens (tertiary/aromatic N) is 4. The first-order chi connectivity index (χ1) is 18.0. The van der Waals surface area contributed by atoms with Crippen molar-refractivity contribution in [3.8, 4) is 11.4 Å². The fraction of sp³-hybridized carbons (Fsp3) is 0.593. The summed E-state index contributed by atoms with van der Waals surface area (Å²) >= 11 is 0. The van der Waals surface area contributed by atoms with Gasteiger partial charge in [-0.1, -0.05) is 0 Å². The van der Waals surface area contributed by atoms with Gasteiger partial charge >= 0.3 is 6.03 Å². The number of anilines is 2. The predicted octanol–water partition coefficient (Wildman–Crippen LogP) is 2.98. The summed E-state index contributed by atoms with van der Waals surface area (Å²) in [5, 5.41) is 5.59. The Kier molecular flexibility index (Phi) is 7.89. The van der Waals surface area contributed by atoms with Gasteiger partial charge in [0.25, 0.3) is 0 Å². The van der Waals surface area contributed by atoms with Crippen LogP contribution in [0.3, 0.4) is 0 Å². The van der Waals surface area contributed by atoms with Crippen LogP contribution in [-0.2, 0) is 26.4 Å². The molecule has 2 saturated heterocycles. The molecule has 200 valence electrons. The number of morpholine rings is 2. The molecule has 37 heavy (non-hydrogen) atoms. The number of nitrogens with one attached hydrogen (secondary N) is 2. The summed E-state index contributed by atoms with van der Waals surface area (Å²) in [6.45, 7) is 13.8. The lowest BCUT2D eigenvalue weighted by Gasteiger charge is -2.35. The molecule has 0 bridgehead atoms. The van der Waals surface area contributed by atoms with Gasteiger partial charge in [-0.25, -0.2) is 14.8 Å². The van der Waals surface area contributed by atoms with E-state index in [0.29, 0.717) is 32.2 Å². The highest BCUT2D eigenvalue weighted by Crippen LogP contribution is 2.43. The summed E-state index contributed by atoms with van der Waals surface area (Å²) in [5.41, 5.74) is 3.18. The van der Waals surface area contributed by atoms with Crippen LogP contribution >= 0.6 is 0 Å². The summed E-state index contributed by atoms with van der Waals surface area (Å²) in [6, 6.07) is 7.66. The number of rotatable bonds is 7. The van der Waals surface area contributed by atoms with Crippen molar-refractivity contribution in [3.05, 3.63) is 35.5 Å². The molecule has 1 aromatic carbocycles. The van der Waals surface area contributed by atoms with E-state index < -0.39 is 5.60 Å². The van der Waals surface area contributed by atoms with Gasteiger partial charge in [0.15, 0.2) is 5.82 Å². The fourth-order valence-electron chi connectivity index (χ4n) is 5.18. The minimum Gasteiger partial charge on any atom is -0.379 e. The second kappa shape index (κ2) is 11.3. The largest absolute Gasteiger partial charge is 0.379 e. The molecule has 0 aliphatic carbocycles. The normalized spacial score (nSPS) is 24.1. The van der Waals surface area contributed by atoms with Crippen molar-refractivity contribution in [2.45, 2.75) is 45.4 Å². The highest BCUT2D eigenvalue weighted by Gasteiger charge is 2.41. The van der Waals surface area contributed by atoms with Crippen molar-refractivity contribution < 1.29 is 19.0 Å². The van der Waals surface area contributed by atoms with Crippen molar-refractivity contribution in [1.82, 2.24) is 20.2 Å². The average molecular weight is 511 g/mol. The van der Waals surface area contributed by atoms with Crippen molar-refractivity contribution >= 4 is 17.5 Å². The number of aromatic nitrogens is 2. The number of hydrogen-bond acceptors (Lipinski definition) is 8. The predicted molar refractivity (Wildman–Crippen MR) is 142 cm³/mol. The molecular formula is C27H38N6O4. The molecule has 0 saturated carbocycles. The van der Waals surface area contributed by atoms with E-state index in [0.717, 1.165) is 74.1 Å². The van der Waals surface area contributed by atoms with Crippen molar-refractivity contribution in [2.24, 2.45) is 0 Å². The van der Waals surface area contributed by atoms with E-state index in [4.69, 9.17) is 24.2 Å². The van der Waals surface area contributed by atoms with E-state index in [9.17, 15) is 4.79 Å². The zero-order valence-corrected chi connectivity index (χ0v) is 22.1. The van der Waals surface area contributed by atoms with Gasteiger partial charge in [0.2, 0.25) is 0 Å². The van der Waals surface area contributed by atoms with Crippen LogP contribution in [0, 0.1) is 0 Å². The second-order valence-electron chi connectivity index (χ2n) is 10.1. The maximum absolute atomic E-state index is 11.9. The van der Waals surface area contributed by atoms with Crippen molar-refractivity contribution in [1.29, 1.82) is 0 Å². The van der Waals surface area contributed by atoms with E-state index in [2.05, 4.69) is 34.3 Å². The van der Waals surface area contributed by atoms with Gasteiger partial charge in [0, 0.05) is 49.5 Å². The van der Waals surface area contributed by atoms with Crippen molar-refractivity contribution in [3.63, 3.8) is 0 Å². The lowest BCUT2D eigenvalue weighted by Crippen LogP contribution is -2.44. The summed E-state index contributed by atoms with van der Waals surface area (Å²) in [5.74, 6) is 1.61. The maximum Gasteiger partial charge on any atom is 0.319 e. The smallest absolute Gasteiger partial charge is 0.319 e. The second-order valence-corrected chi connectivity index (χ2v) is 10.1. The third-order valence-electron chi connectivity index (χ3n) is 7.41. The molecular weight excluding hydrogens is 472 g/mol.